The van der Waals surface area contributed by atoms with Crippen LogP contribution in [0.2, 0.25) is 0 Å². The lowest BCUT2D eigenvalue weighted by molar-refractivity contribution is 0.0572. The number of ether oxygens (including phenoxy) is 2. The highest BCUT2D eigenvalue weighted by Crippen LogP contribution is 2.19. The summed E-state index contributed by atoms with van der Waals surface area (Å²) in [4.78, 5) is 37.4. The molecule has 0 spiro atoms. The summed E-state index contributed by atoms with van der Waals surface area (Å²) >= 11 is 0. The summed E-state index contributed by atoms with van der Waals surface area (Å²) in [6.45, 7) is 10.8. The van der Waals surface area contributed by atoms with E-state index in [2.05, 4.69) is 9.97 Å². The fourth-order valence-electron chi connectivity index (χ4n) is 3.11. The summed E-state index contributed by atoms with van der Waals surface area (Å²) in [5, 5.41) is 0. The second-order valence-corrected chi connectivity index (χ2v) is 12.3. The number of pyridine rings is 2. The minimum absolute atomic E-state index is 0.0659. The Morgan fingerprint density at radius 2 is 1.32 bits per heavy atom. The number of nitrogens with zero attached hydrogens (tertiary/aromatic N) is 4. The zero-order valence-electron chi connectivity index (χ0n) is 23.3. The topological polar surface area (TPSA) is 128 Å². The van der Waals surface area contributed by atoms with E-state index in [4.69, 9.17) is 13.7 Å². The molecule has 2 heterocycles. The molecule has 12 heteroatoms. The van der Waals surface area contributed by atoms with Crippen molar-refractivity contribution in [2.75, 3.05) is 36.3 Å². The number of amides is 2. The van der Waals surface area contributed by atoms with E-state index >= 15 is 0 Å². The molecular weight excluding hydrogens is 512 g/mol. The monoisotopic (exact) mass is 550 g/mol. The minimum Gasteiger partial charge on any atom is -0.443 e. The van der Waals surface area contributed by atoms with Crippen molar-refractivity contribution in [2.24, 2.45) is 0 Å². The van der Waals surface area contributed by atoms with Crippen molar-refractivity contribution in [3.63, 3.8) is 0 Å². The largest absolute Gasteiger partial charge is 0.443 e. The van der Waals surface area contributed by atoms with Crippen molar-refractivity contribution in [2.45, 2.75) is 65.6 Å². The van der Waals surface area contributed by atoms with E-state index in [1.54, 1.807) is 85.0 Å². The molecule has 0 aliphatic carbocycles. The van der Waals surface area contributed by atoms with Crippen LogP contribution < -0.4 is 9.80 Å². The van der Waals surface area contributed by atoms with Crippen LogP contribution >= 0.6 is 0 Å². The molecule has 0 aromatic carbocycles. The zero-order chi connectivity index (χ0) is 28.7. The van der Waals surface area contributed by atoms with Gasteiger partial charge in [-0.3, -0.25) is 14.0 Å². The lowest BCUT2D eigenvalue weighted by atomic mass is 10.2. The Balaban J connectivity index is 2.23. The summed E-state index contributed by atoms with van der Waals surface area (Å²) in [6, 6.07) is 10.4. The second kappa shape index (κ2) is 12.5. The third kappa shape index (κ3) is 11.0. The van der Waals surface area contributed by atoms with E-state index in [0.717, 1.165) is 6.26 Å². The van der Waals surface area contributed by atoms with Gasteiger partial charge in [0.2, 0.25) is 0 Å². The average molecular weight is 551 g/mol. The van der Waals surface area contributed by atoms with E-state index in [1.807, 2.05) is 0 Å². The van der Waals surface area contributed by atoms with Gasteiger partial charge in [-0.05, 0) is 65.8 Å². The Bertz CT molecular complexity index is 1220. The van der Waals surface area contributed by atoms with Gasteiger partial charge in [0, 0.05) is 37.8 Å². The molecule has 210 valence electrons. The van der Waals surface area contributed by atoms with E-state index < -0.39 is 33.5 Å². The average Bonchev–Trinajstić information content (AvgIpc) is 2.76. The molecule has 2 aromatic rings. The van der Waals surface area contributed by atoms with Gasteiger partial charge in [0.05, 0.1) is 12.9 Å². The van der Waals surface area contributed by atoms with Gasteiger partial charge in [-0.2, -0.15) is 8.42 Å². The van der Waals surface area contributed by atoms with Crippen molar-refractivity contribution in [1.82, 2.24) is 9.97 Å². The van der Waals surface area contributed by atoms with Crippen LogP contribution in [0, 0.1) is 0 Å². The van der Waals surface area contributed by atoms with Crippen molar-refractivity contribution >= 4 is 33.9 Å². The molecule has 2 amide bonds. The molecule has 2 aromatic heterocycles. The molecule has 0 saturated heterocycles. The van der Waals surface area contributed by atoms with Crippen LogP contribution in [-0.4, -0.2) is 68.2 Å². The highest BCUT2D eigenvalue weighted by atomic mass is 32.2. The van der Waals surface area contributed by atoms with E-state index in [-0.39, 0.29) is 19.6 Å². The fourth-order valence-corrected chi connectivity index (χ4v) is 3.50. The first-order valence-corrected chi connectivity index (χ1v) is 14.0. The predicted octanol–water partition coefficient (Wildman–Crippen LogP) is 4.35. The Labute approximate surface area is 225 Å². The number of anilines is 2. The molecule has 0 fully saturated rings. The first kappa shape index (κ1) is 31.0. The molecular formula is C26H38N4O7S. The van der Waals surface area contributed by atoms with Crippen LogP contribution in [0.25, 0.3) is 0 Å². The van der Waals surface area contributed by atoms with Gasteiger partial charge in [-0.15, -0.1) is 0 Å². The van der Waals surface area contributed by atoms with Gasteiger partial charge >= 0.3 is 12.2 Å². The van der Waals surface area contributed by atoms with Crippen LogP contribution in [0.1, 0.15) is 52.9 Å². The SMILES string of the molecule is CN(C(=O)OC(C)(C)C)c1cccc(CCN(C(=O)OC(C)(C)C)c2cccc(CCOS(C)(=O)=O)n2)n1. The molecule has 0 N–H and O–H groups in total. The summed E-state index contributed by atoms with van der Waals surface area (Å²) in [5.41, 5.74) is -0.178. The lowest BCUT2D eigenvalue weighted by Crippen LogP contribution is -2.39. The Morgan fingerprint density at radius 1 is 0.816 bits per heavy atom. The van der Waals surface area contributed by atoms with Crippen molar-refractivity contribution in [3.8, 4) is 0 Å². The number of hydrogen-bond acceptors (Lipinski definition) is 9. The third-order valence-corrected chi connectivity index (χ3v) is 5.33. The van der Waals surface area contributed by atoms with Crippen LogP contribution in [0.5, 0.6) is 0 Å². The molecule has 0 bridgehead atoms. The zero-order valence-corrected chi connectivity index (χ0v) is 24.2. The normalized spacial score (nSPS) is 12.1. The molecule has 0 atom stereocenters. The van der Waals surface area contributed by atoms with Crippen LogP contribution in [-0.2, 0) is 36.6 Å². The van der Waals surface area contributed by atoms with Gasteiger partial charge in [0.1, 0.15) is 22.8 Å². The van der Waals surface area contributed by atoms with Gasteiger partial charge < -0.3 is 9.47 Å². The summed E-state index contributed by atoms with van der Waals surface area (Å²) in [5.74, 6) is 0.754. The maximum Gasteiger partial charge on any atom is 0.416 e. The highest BCUT2D eigenvalue weighted by Gasteiger charge is 2.25. The third-order valence-electron chi connectivity index (χ3n) is 4.73. The number of carbonyl (C=O) groups is 2. The molecule has 0 aliphatic heterocycles. The first-order valence-electron chi connectivity index (χ1n) is 12.2. The molecule has 0 saturated carbocycles. The van der Waals surface area contributed by atoms with Gasteiger partial charge in [0.25, 0.3) is 10.1 Å². The van der Waals surface area contributed by atoms with Crippen molar-refractivity contribution < 1.29 is 31.7 Å². The smallest absolute Gasteiger partial charge is 0.416 e. The molecule has 0 aliphatic rings. The standard InChI is InChI=1S/C26H38N4O7S/c1-25(2,3)36-23(31)29(7)21-13-9-11-19(27-21)15-17-30(24(32)37-26(4,5)6)22-14-10-12-20(28-22)16-18-35-38(8,33)34/h9-14H,15-18H2,1-8H3. The van der Waals surface area contributed by atoms with Crippen molar-refractivity contribution in [3.05, 3.63) is 47.8 Å². The van der Waals surface area contributed by atoms with Crippen molar-refractivity contribution in [1.29, 1.82) is 0 Å². The molecule has 2 rings (SSSR count). The van der Waals surface area contributed by atoms with Crippen LogP contribution in [0.15, 0.2) is 36.4 Å². The van der Waals surface area contributed by atoms with Gasteiger partial charge in [-0.25, -0.2) is 19.6 Å². The van der Waals surface area contributed by atoms with Gasteiger partial charge in [-0.1, -0.05) is 12.1 Å². The molecule has 0 radical (unpaired) electrons. The Morgan fingerprint density at radius 3 is 1.87 bits per heavy atom. The molecule has 11 nitrogen and oxygen atoms in total. The Hall–Kier alpha value is -3.25. The molecule has 38 heavy (non-hydrogen) atoms. The number of rotatable bonds is 9. The molecule has 0 unspecified atom stereocenters. The number of carbonyl (C=O) groups excluding carboxylic acids is 2. The Kier molecular flexibility index (Phi) is 10.2. The number of hydrogen-bond donors (Lipinski definition) is 0. The maximum atomic E-state index is 13.1. The predicted molar refractivity (Wildman–Crippen MR) is 145 cm³/mol. The summed E-state index contributed by atoms with van der Waals surface area (Å²) < 4.78 is 38.3. The minimum atomic E-state index is -3.57. The van der Waals surface area contributed by atoms with Crippen LogP contribution in [0.3, 0.4) is 0 Å². The van der Waals surface area contributed by atoms with Crippen LogP contribution in [0.4, 0.5) is 21.2 Å². The first-order chi connectivity index (χ1) is 17.4. The highest BCUT2D eigenvalue weighted by molar-refractivity contribution is 7.85. The fraction of sp³-hybridized carbons (Fsp3) is 0.538. The lowest BCUT2D eigenvalue weighted by Gasteiger charge is -2.27. The van der Waals surface area contributed by atoms with E-state index in [9.17, 15) is 18.0 Å². The number of aromatic nitrogens is 2. The second-order valence-electron chi connectivity index (χ2n) is 10.7. The maximum absolute atomic E-state index is 13.1. The van der Waals surface area contributed by atoms with E-state index in [1.165, 1.54) is 9.80 Å². The van der Waals surface area contributed by atoms with E-state index in [0.29, 0.717) is 29.4 Å². The van der Waals surface area contributed by atoms with Gasteiger partial charge in [0.15, 0.2) is 0 Å². The summed E-state index contributed by atoms with van der Waals surface area (Å²) in [6.07, 6.45) is 0.451. The summed E-state index contributed by atoms with van der Waals surface area (Å²) in [7, 11) is -1.99. The quantitative estimate of drug-likeness (QED) is 0.419.